The van der Waals surface area contributed by atoms with Crippen LogP contribution < -0.4 is 10.5 Å². The maximum absolute atomic E-state index is 11.9. The molecule has 0 heterocycles. The Morgan fingerprint density at radius 3 is 2.45 bits per heavy atom. The standard InChI is InChI=1S/C17H17NO4/c18-14-7-6-13(15(19)8-9-17(20)21)10-16(14)22-11-12-4-2-1-3-5-12/h1-7,10H,8-9,11,18H2,(H,20,21). The number of rotatable bonds is 7. The Morgan fingerprint density at radius 2 is 1.77 bits per heavy atom. The van der Waals surface area contributed by atoms with E-state index in [1.54, 1.807) is 18.2 Å². The lowest BCUT2D eigenvalue weighted by Crippen LogP contribution is -2.05. The highest BCUT2D eigenvalue weighted by Gasteiger charge is 2.11. The van der Waals surface area contributed by atoms with Crippen molar-refractivity contribution in [3.8, 4) is 5.75 Å². The van der Waals surface area contributed by atoms with Crippen LogP contribution in [-0.2, 0) is 11.4 Å². The molecule has 0 saturated heterocycles. The average molecular weight is 299 g/mol. The first-order valence-corrected chi connectivity index (χ1v) is 6.87. The third-order valence-electron chi connectivity index (χ3n) is 3.14. The summed E-state index contributed by atoms with van der Waals surface area (Å²) in [6.45, 7) is 0.345. The van der Waals surface area contributed by atoms with Crippen LogP contribution in [0.3, 0.4) is 0 Å². The minimum Gasteiger partial charge on any atom is -0.487 e. The molecule has 2 rings (SSSR count). The van der Waals surface area contributed by atoms with Gasteiger partial charge in [0.15, 0.2) is 5.78 Å². The van der Waals surface area contributed by atoms with Crippen LogP contribution in [0.4, 0.5) is 5.69 Å². The Kier molecular flexibility index (Phi) is 5.14. The van der Waals surface area contributed by atoms with Crippen LogP contribution in [0.2, 0.25) is 0 Å². The van der Waals surface area contributed by atoms with Gasteiger partial charge in [0.25, 0.3) is 0 Å². The maximum atomic E-state index is 11.9. The number of carbonyl (C=O) groups excluding carboxylic acids is 1. The smallest absolute Gasteiger partial charge is 0.303 e. The van der Waals surface area contributed by atoms with E-state index in [4.69, 9.17) is 15.6 Å². The van der Waals surface area contributed by atoms with Crippen molar-refractivity contribution >= 4 is 17.4 Å². The van der Waals surface area contributed by atoms with E-state index in [9.17, 15) is 9.59 Å². The Balaban J connectivity index is 2.06. The number of ketones is 1. The second-order valence-corrected chi connectivity index (χ2v) is 4.84. The number of benzene rings is 2. The Hall–Kier alpha value is -2.82. The molecular weight excluding hydrogens is 282 g/mol. The number of nitrogens with two attached hydrogens (primary N) is 1. The molecule has 0 bridgehead atoms. The summed E-state index contributed by atoms with van der Waals surface area (Å²) in [5, 5.41) is 8.62. The number of aliphatic carboxylic acids is 1. The number of carbonyl (C=O) groups is 2. The second kappa shape index (κ2) is 7.26. The van der Waals surface area contributed by atoms with Gasteiger partial charge >= 0.3 is 5.97 Å². The summed E-state index contributed by atoms with van der Waals surface area (Å²) in [6.07, 6.45) is -0.235. The van der Waals surface area contributed by atoms with E-state index in [0.29, 0.717) is 23.6 Å². The predicted molar refractivity (Wildman–Crippen MR) is 82.8 cm³/mol. The first-order chi connectivity index (χ1) is 10.6. The van der Waals surface area contributed by atoms with Gasteiger partial charge in [-0.1, -0.05) is 30.3 Å². The van der Waals surface area contributed by atoms with Gasteiger partial charge in [-0.05, 0) is 23.8 Å². The highest BCUT2D eigenvalue weighted by molar-refractivity contribution is 5.98. The molecule has 0 aliphatic heterocycles. The number of ether oxygens (including phenoxy) is 1. The van der Waals surface area contributed by atoms with Gasteiger partial charge in [0.2, 0.25) is 0 Å². The van der Waals surface area contributed by atoms with E-state index < -0.39 is 5.97 Å². The van der Waals surface area contributed by atoms with E-state index in [2.05, 4.69) is 0 Å². The second-order valence-electron chi connectivity index (χ2n) is 4.84. The quantitative estimate of drug-likeness (QED) is 0.606. The summed E-state index contributed by atoms with van der Waals surface area (Å²) in [4.78, 5) is 22.4. The lowest BCUT2D eigenvalue weighted by Gasteiger charge is -2.10. The fourth-order valence-electron chi connectivity index (χ4n) is 1.93. The van der Waals surface area contributed by atoms with Crippen molar-refractivity contribution in [1.82, 2.24) is 0 Å². The third kappa shape index (κ3) is 4.34. The monoisotopic (exact) mass is 299 g/mol. The number of Topliss-reactive ketones (excluding diaryl/α,β-unsaturated/α-hetero) is 1. The van der Waals surface area contributed by atoms with Crippen molar-refractivity contribution in [3.63, 3.8) is 0 Å². The summed E-state index contributed by atoms with van der Waals surface area (Å²) < 4.78 is 5.65. The van der Waals surface area contributed by atoms with Crippen LogP contribution in [-0.4, -0.2) is 16.9 Å². The molecule has 5 nitrogen and oxygen atoms in total. The van der Waals surface area contributed by atoms with E-state index in [-0.39, 0.29) is 18.6 Å². The van der Waals surface area contributed by atoms with Gasteiger partial charge in [0.05, 0.1) is 12.1 Å². The zero-order chi connectivity index (χ0) is 15.9. The Labute approximate surface area is 128 Å². The third-order valence-corrected chi connectivity index (χ3v) is 3.14. The van der Waals surface area contributed by atoms with Crippen molar-refractivity contribution in [2.24, 2.45) is 0 Å². The molecule has 3 N–H and O–H groups in total. The van der Waals surface area contributed by atoms with Crippen LogP contribution in [0.5, 0.6) is 5.75 Å². The minimum absolute atomic E-state index is 0.0443. The molecule has 22 heavy (non-hydrogen) atoms. The zero-order valence-corrected chi connectivity index (χ0v) is 12.0. The fraction of sp³-hybridized carbons (Fsp3) is 0.176. The molecule has 0 fully saturated rings. The van der Waals surface area contributed by atoms with Crippen molar-refractivity contribution in [2.45, 2.75) is 19.4 Å². The van der Waals surface area contributed by atoms with Gasteiger partial charge in [0, 0.05) is 12.0 Å². The van der Waals surface area contributed by atoms with Crippen LogP contribution >= 0.6 is 0 Å². The van der Waals surface area contributed by atoms with E-state index >= 15 is 0 Å². The van der Waals surface area contributed by atoms with E-state index in [1.807, 2.05) is 30.3 Å². The maximum Gasteiger partial charge on any atom is 0.303 e. The molecule has 0 radical (unpaired) electrons. The molecule has 0 amide bonds. The molecule has 2 aromatic rings. The molecule has 0 aromatic heterocycles. The van der Waals surface area contributed by atoms with E-state index in [1.165, 1.54) is 0 Å². The number of anilines is 1. The minimum atomic E-state index is -0.996. The molecule has 2 aromatic carbocycles. The number of hydrogen-bond acceptors (Lipinski definition) is 4. The van der Waals surface area contributed by atoms with Crippen LogP contribution in [0.25, 0.3) is 0 Å². The van der Waals surface area contributed by atoms with Gasteiger partial charge in [-0.15, -0.1) is 0 Å². The first kappa shape index (κ1) is 15.6. The summed E-state index contributed by atoms with van der Waals surface area (Å²) in [7, 11) is 0. The van der Waals surface area contributed by atoms with Crippen molar-refractivity contribution in [1.29, 1.82) is 0 Å². The topological polar surface area (TPSA) is 89.6 Å². The largest absolute Gasteiger partial charge is 0.487 e. The lowest BCUT2D eigenvalue weighted by atomic mass is 10.1. The molecule has 0 atom stereocenters. The summed E-state index contributed by atoms with van der Waals surface area (Å²) >= 11 is 0. The molecule has 0 spiro atoms. The molecule has 114 valence electrons. The Morgan fingerprint density at radius 1 is 1.05 bits per heavy atom. The number of hydrogen-bond donors (Lipinski definition) is 2. The van der Waals surface area contributed by atoms with Crippen molar-refractivity contribution in [2.75, 3.05) is 5.73 Å². The molecule has 0 unspecified atom stereocenters. The van der Waals surface area contributed by atoms with E-state index in [0.717, 1.165) is 5.56 Å². The molecule has 0 saturated carbocycles. The molecule has 0 aliphatic carbocycles. The first-order valence-electron chi connectivity index (χ1n) is 6.87. The van der Waals surface area contributed by atoms with Gasteiger partial charge in [0.1, 0.15) is 12.4 Å². The number of carboxylic acids is 1. The Bertz CT molecular complexity index is 668. The highest BCUT2D eigenvalue weighted by atomic mass is 16.5. The van der Waals surface area contributed by atoms with Crippen molar-refractivity contribution in [3.05, 3.63) is 59.7 Å². The SMILES string of the molecule is Nc1ccc(C(=O)CCC(=O)O)cc1OCc1ccccc1. The summed E-state index contributed by atoms with van der Waals surface area (Å²) in [6, 6.07) is 14.3. The normalized spacial score (nSPS) is 10.2. The zero-order valence-electron chi connectivity index (χ0n) is 12.0. The number of carboxylic acid groups (broad SMARTS) is 1. The fourth-order valence-corrected chi connectivity index (χ4v) is 1.93. The van der Waals surface area contributed by atoms with Gasteiger partial charge in [-0.3, -0.25) is 9.59 Å². The lowest BCUT2D eigenvalue weighted by molar-refractivity contribution is -0.136. The van der Waals surface area contributed by atoms with Crippen LogP contribution in [0, 0.1) is 0 Å². The summed E-state index contributed by atoms with van der Waals surface area (Å²) in [5.74, 6) is -0.818. The number of nitrogen functional groups attached to an aromatic ring is 1. The van der Waals surface area contributed by atoms with Crippen LogP contribution in [0.15, 0.2) is 48.5 Å². The molecule has 5 heteroatoms. The van der Waals surface area contributed by atoms with Crippen LogP contribution in [0.1, 0.15) is 28.8 Å². The highest BCUT2D eigenvalue weighted by Crippen LogP contribution is 2.24. The molecular formula is C17H17NO4. The van der Waals surface area contributed by atoms with Gasteiger partial charge < -0.3 is 15.6 Å². The van der Waals surface area contributed by atoms with Gasteiger partial charge in [-0.25, -0.2) is 0 Å². The van der Waals surface area contributed by atoms with Crippen molar-refractivity contribution < 1.29 is 19.4 Å². The predicted octanol–water partition coefficient (Wildman–Crippen LogP) is 2.90. The molecule has 0 aliphatic rings. The van der Waals surface area contributed by atoms with Gasteiger partial charge in [-0.2, -0.15) is 0 Å². The summed E-state index contributed by atoms with van der Waals surface area (Å²) in [5.41, 5.74) is 7.67. The average Bonchev–Trinajstić information content (AvgIpc) is 2.52.